The van der Waals surface area contributed by atoms with Gasteiger partial charge in [0.2, 0.25) is 0 Å². The lowest BCUT2D eigenvalue weighted by Gasteiger charge is -2.18. The number of pyridine rings is 1. The Morgan fingerprint density at radius 1 is 1.40 bits per heavy atom. The van der Waals surface area contributed by atoms with Gasteiger partial charge in [0.25, 0.3) is 5.91 Å². The lowest BCUT2D eigenvalue weighted by atomic mass is 10.1. The molecule has 0 saturated heterocycles. The van der Waals surface area contributed by atoms with E-state index in [1.54, 1.807) is 6.07 Å². The zero-order valence-corrected chi connectivity index (χ0v) is 11.7. The molecule has 0 saturated carbocycles. The monoisotopic (exact) mass is 271 g/mol. The van der Waals surface area contributed by atoms with Gasteiger partial charge in [0.05, 0.1) is 23.4 Å². The smallest absolute Gasteiger partial charge is 0.259 e. The van der Waals surface area contributed by atoms with Gasteiger partial charge in [0, 0.05) is 18.4 Å². The quantitative estimate of drug-likeness (QED) is 0.795. The first-order valence-electron chi connectivity index (χ1n) is 6.37. The topological polar surface area (TPSA) is 92.8 Å². The Morgan fingerprint density at radius 3 is 2.60 bits per heavy atom. The molecule has 20 heavy (non-hydrogen) atoms. The molecule has 0 fully saturated rings. The van der Waals surface area contributed by atoms with Crippen LogP contribution in [0.5, 0.6) is 0 Å². The van der Waals surface area contributed by atoms with E-state index in [1.165, 1.54) is 11.1 Å². The highest BCUT2D eigenvalue weighted by Crippen LogP contribution is 2.18. The summed E-state index contributed by atoms with van der Waals surface area (Å²) in [7, 11) is 0. The minimum atomic E-state index is -0.362. The largest absolute Gasteiger partial charge is 0.384 e. The molecule has 6 nitrogen and oxygen atoms in total. The molecule has 6 heteroatoms. The maximum Gasteiger partial charge on any atom is 0.259 e. The van der Waals surface area contributed by atoms with Crippen LogP contribution in [0, 0.1) is 29.6 Å². The summed E-state index contributed by atoms with van der Waals surface area (Å²) in [6, 6.07) is 5.57. The van der Waals surface area contributed by atoms with Crippen LogP contribution >= 0.6 is 0 Å². The molecule has 1 heterocycles. The number of aromatic nitrogens is 1. The first kappa shape index (κ1) is 15.5. The van der Waals surface area contributed by atoms with E-state index >= 15 is 0 Å². The number of aryl methyl sites for hydroxylation is 1. The number of hydrogen-bond acceptors (Lipinski definition) is 5. The number of carbonyl (C=O) groups is 1. The van der Waals surface area contributed by atoms with Gasteiger partial charge < -0.3 is 10.2 Å². The third-order valence-corrected chi connectivity index (χ3v) is 2.65. The van der Waals surface area contributed by atoms with Crippen molar-refractivity contribution in [3.05, 3.63) is 23.5 Å². The zero-order chi connectivity index (χ0) is 15.0. The molecular weight excluding hydrogens is 254 g/mol. The minimum absolute atomic E-state index is 0.118. The summed E-state index contributed by atoms with van der Waals surface area (Å²) in [6.07, 6.45) is 2.41. The van der Waals surface area contributed by atoms with Gasteiger partial charge >= 0.3 is 0 Å². The standard InChI is InChI=1S/C14H17N5O/c1-3-6-17-13-9-11(2)18-10-12(13)14(20)19(7-4-15)8-5-16/h9-10H,3,6-8H2,1-2H3,(H,17,18). The molecule has 1 N–H and O–H groups in total. The average molecular weight is 271 g/mol. The Hall–Kier alpha value is -2.60. The van der Waals surface area contributed by atoms with Crippen molar-refractivity contribution >= 4 is 11.6 Å². The van der Waals surface area contributed by atoms with Crippen molar-refractivity contribution in [3.8, 4) is 12.1 Å². The summed E-state index contributed by atoms with van der Waals surface area (Å²) >= 11 is 0. The van der Waals surface area contributed by atoms with Gasteiger partial charge in [-0.2, -0.15) is 10.5 Å². The van der Waals surface area contributed by atoms with E-state index < -0.39 is 0 Å². The molecule has 0 aliphatic heterocycles. The molecule has 0 aliphatic rings. The highest BCUT2D eigenvalue weighted by molar-refractivity contribution is 5.99. The number of hydrogen-bond donors (Lipinski definition) is 1. The van der Waals surface area contributed by atoms with Crippen molar-refractivity contribution < 1.29 is 4.79 Å². The van der Waals surface area contributed by atoms with E-state index in [1.807, 2.05) is 26.0 Å². The summed E-state index contributed by atoms with van der Waals surface area (Å²) in [6.45, 7) is 4.37. The van der Waals surface area contributed by atoms with Crippen LogP contribution in [0.4, 0.5) is 5.69 Å². The Morgan fingerprint density at radius 2 is 2.05 bits per heavy atom. The van der Waals surface area contributed by atoms with Crippen LogP contribution in [0.25, 0.3) is 0 Å². The number of carbonyl (C=O) groups excluding carboxylic acids is 1. The molecule has 0 bridgehead atoms. The van der Waals surface area contributed by atoms with Gasteiger partial charge in [-0.25, -0.2) is 0 Å². The average Bonchev–Trinajstić information content (AvgIpc) is 2.44. The molecule has 1 aromatic heterocycles. The van der Waals surface area contributed by atoms with Gasteiger partial charge in [-0.15, -0.1) is 0 Å². The van der Waals surface area contributed by atoms with Crippen LogP contribution in [0.15, 0.2) is 12.3 Å². The summed E-state index contributed by atoms with van der Waals surface area (Å²) in [5.41, 5.74) is 1.87. The van der Waals surface area contributed by atoms with Crippen molar-refractivity contribution in [1.29, 1.82) is 10.5 Å². The summed E-state index contributed by atoms with van der Waals surface area (Å²) < 4.78 is 0. The van der Waals surface area contributed by atoms with Crippen LogP contribution in [0.2, 0.25) is 0 Å². The van der Waals surface area contributed by atoms with Gasteiger partial charge in [0.15, 0.2) is 0 Å². The molecule has 104 valence electrons. The van der Waals surface area contributed by atoms with Gasteiger partial charge in [-0.05, 0) is 19.4 Å². The van der Waals surface area contributed by atoms with Crippen molar-refractivity contribution in [3.63, 3.8) is 0 Å². The summed E-state index contributed by atoms with van der Waals surface area (Å²) in [4.78, 5) is 17.7. The Kier molecular flexibility index (Phi) is 5.99. The summed E-state index contributed by atoms with van der Waals surface area (Å²) in [5.74, 6) is -0.362. The SMILES string of the molecule is CCCNc1cc(C)ncc1C(=O)N(CC#N)CC#N. The highest BCUT2D eigenvalue weighted by Gasteiger charge is 2.19. The van der Waals surface area contributed by atoms with Crippen molar-refractivity contribution in [2.45, 2.75) is 20.3 Å². The highest BCUT2D eigenvalue weighted by atomic mass is 16.2. The van der Waals surface area contributed by atoms with E-state index in [2.05, 4.69) is 10.3 Å². The predicted molar refractivity (Wildman–Crippen MR) is 74.9 cm³/mol. The lowest BCUT2D eigenvalue weighted by Crippen LogP contribution is -2.32. The fraction of sp³-hybridized carbons (Fsp3) is 0.429. The Bertz CT molecular complexity index is 540. The first-order chi connectivity index (χ1) is 9.63. The number of rotatable bonds is 6. The number of nitrogens with zero attached hydrogens (tertiary/aromatic N) is 4. The second-order valence-electron chi connectivity index (χ2n) is 4.28. The second kappa shape index (κ2) is 7.75. The molecule has 1 rings (SSSR count). The molecule has 0 aromatic carbocycles. The van der Waals surface area contributed by atoms with Crippen LogP contribution in [0.1, 0.15) is 29.4 Å². The van der Waals surface area contributed by atoms with Crippen LogP contribution in [0.3, 0.4) is 0 Å². The van der Waals surface area contributed by atoms with Gasteiger partial charge in [0.1, 0.15) is 13.1 Å². The maximum absolute atomic E-state index is 12.4. The molecule has 1 amide bonds. The molecule has 0 atom stereocenters. The van der Waals surface area contributed by atoms with Crippen LogP contribution in [-0.4, -0.2) is 35.4 Å². The summed E-state index contributed by atoms with van der Waals surface area (Å²) in [5, 5.41) is 20.6. The molecule has 0 unspecified atom stereocenters. The maximum atomic E-state index is 12.4. The van der Waals surface area contributed by atoms with Crippen LogP contribution in [-0.2, 0) is 0 Å². The van der Waals surface area contributed by atoms with E-state index in [-0.39, 0.29) is 19.0 Å². The van der Waals surface area contributed by atoms with E-state index in [4.69, 9.17) is 10.5 Å². The number of nitrogens with one attached hydrogen (secondary N) is 1. The zero-order valence-electron chi connectivity index (χ0n) is 11.7. The van der Waals surface area contributed by atoms with E-state index in [0.717, 1.165) is 18.7 Å². The Balaban J connectivity index is 3.07. The fourth-order valence-corrected chi connectivity index (χ4v) is 1.68. The van der Waals surface area contributed by atoms with Crippen molar-refractivity contribution in [2.75, 3.05) is 25.0 Å². The van der Waals surface area contributed by atoms with Crippen molar-refractivity contribution in [1.82, 2.24) is 9.88 Å². The molecule has 1 aromatic rings. The molecule has 0 aliphatic carbocycles. The second-order valence-corrected chi connectivity index (χ2v) is 4.28. The van der Waals surface area contributed by atoms with E-state index in [0.29, 0.717) is 11.3 Å². The normalized spacial score (nSPS) is 9.40. The number of amides is 1. The lowest BCUT2D eigenvalue weighted by molar-refractivity contribution is 0.0795. The van der Waals surface area contributed by atoms with Gasteiger partial charge in [-0.3, -0.25) is 9.78 Å². The minimum Gasteiger partial charge on any atom is -0.384 e. The molecule has 0 spiro atoms. The number of nitriles is 2. The van der Waals surface area contributed by atoms with Gasteiger partial charge in [-0.1, -0.05) is 6.92 Å². The third-order valence-electron chi connectivity index (χ3n) is 2.65. The predicted octanol–water partition coefficient (Wildman–Crippen LogP) is 1.70. The molecule has 0 radical (unpaired) electrons. The molecular formula is C14H17N5O. The van der Waals surface area contributed by atoms with Crippen LogP contribution < -0.4 is 5.32 Å². The third kappa shape index (κ3) is 3.96. The first-order valence-corrected chi connectivity index (χ1v) is 6.37. The number of anilines is 1. The van der Waals surface area contributed by atoms with E-state index in [9.17, 15) is 4.79 Å². The van der Waals surface area contributed by atoms with Crippen molar-refractivity contribution in [2.24, 2.45) is 0 Å². The fourth-order valence-electron chi connectivity index (χ4n) is 1.68. The Labute approximate surface area is 118 Å².